The minimum atomic E-state index is -0.333. The van der Waals surface area contributed by atoms with Gasteiger partial charge in [-0.3, -0.25) is 4.79 Å². The first-order valence-electron chi connectivity index (χ1n) is 6.98. The smallest absolute Gasteiger partial charge is 0.227 e. The molecule has 0 aromatic heterocycles. The maximum atomic E-state index is 13.5. The molecule has 0 radical (unpaired) electrons. The van der Waals surface area contributed by atoms with Crippen molar-refractivity contribution in [3.63, 3.8) is 0 Å². The van der Waals surface area contributed by atoms with E-state index in [1.807, 2.05) is 24.3 Å². The maximum absolute atomic E-state index is 13.5. The summed E-state index contributed by atoms with van der Waals surface area (Å²) >= 11 is 5.92. The van der Waals surface area contributed by atoms with Crippen LogP contribution in [0.5, 0.6) is 0 Å². The Kier molecular flexibility index (Phi) is 3.93. The summed E-state index contributed by atoms with van der Waals surface area (Å²) in [5.74, 6) is -0.299. The van der Waals surface area contributed by atoms with Gasteiger partial charge in [-0.05, 0) is 48.7 Å². The molecule has 1 unspecified atom stereocenters. The molecule has 108 valence electrons. The summed E-state index contributed by atoms with van der Waals surface area (Å²) in [4.78, 5) is 14.0. The molecule has 4 heteroatoms. The first kappa shape index (κ1) is 14.1. The van der Waals surface area contributed by atoms with Gasteiger partial charge in [-0.1, -0.05) is 29.8 Å². The van der Waals surface area contributed by atoms with Crippen molar-refractivity contribution in [2.24, 2.45) is 0 Å². The summed E-state index contributed by atoms with van der Waals surface area (Å²) in [5.41, 5.74) is 1.64. The van der Waals surface area contributed by atoms with E-state index in [4.69, 9.17) is 11.6 Å². The van der Waals surface area contributed by atoms with E-state index in [-0.39, 0.29) is 17.8 Å². The molecule has 1 aliphatic heterocycles. The number of hydrogen-bond acceptors (Lipinski definition) is 1. The standard InChI is InChI=1S/C17H15ClFNO/c18-13-9-7-12(8-10-13)16-5-2-6-17(21)20(16)15-4-1-3-14(19)11-15/h1,3-4,7-11,16H,2,5-6H2. The Bertz CT molecular complexity index is 656. The van der Waals surface area contributed by atoms with Gasteiger partial charge in [0.25, 0.3) is 0 Å². The predicted octanol–water partition coefficient (Wildman–Crippen LogP) is 4.74. The molecule has 2 nitrogen and oxygen atoms in total. The normalized spacial score (nSPS) is 18.9. The van der Waals surface area contributed by atoms with Crippen LogP contribution in [0.15, 0.2) is 48.5 Å². The number of anilines is 1. The fraction of sp³-hybridized carbons (Fsp3) is 0.235. The van der Waals surface area contributed by atoms with Crippen LogP contribution in [0.25, 0.3) is 0 Å². The van der Waals surface area contributed by atoms with Crippen molar-refractivity contribution in [1.29, 1.82) is 0 Å². The fourth-order valence-corrected chi connectivity index (χ4v) is 2.95. The van der Waals surface area contributed by atoms with Crippen LogP contribution in [0, 0.1) is 5.82 Å². The first-order chi connectivity index (χ1) is 10.1. The second kappa shape index (κ2) is 5.86. The van der Waals surface area contributed by atoms with Crippen LogP contribution in [0.1, 0.15) is 30.9 Å². The third-order valence-corrected chi connectivity index (χ3v) is 4.04. The molecule has 1 amide bonds. The average Bonchev–Trinajstić information content (AvgIpc) is 2.48. The second-order valence-corrected chi connectivity index (χ2v) is 5.64. The lowest BCUT2D eigenvalue weighted by Gasteiger charge is -2.36. The quantitative estimate of drug-likeness (QED) is 0.785. The summed E-state index contributed by atoms with van der Waals surface area (Å²) in [6.45, 7) is 0. The largest absolute Gasteiger partial charge is 0.305 e. The Morgan fingerprint density at radius 1 is 1.14 bits per heavy atom. The zero-order chi connectivity index (χ0) is 14.8. The molecule has 1 aliphatic rings. The van der Waals surface area contributed by atoms with Crippen molar-refractivity contribution in [2.75, 3.05) is 4.90 Å². The minimum absolute atomic E-state index is 0.0341. The number of nitrogens with zero attached hydrogens (tertiary/aromatic N) is 1. The van der Waals surface area contributed by atoms with Crippen molar-refractivity contribution in [2.45, 2.75) is 25.3 Å². The highest BCUT2D eigenvalue weighted by atomic mass is 35.5. The molecular formula is C17H15ClFNO. The zero-order valence-corrected chi connectivity index (χ0v) is 12.2. The number of piperidine rings is 1. The summed E-state index contributed by atoms with van der Waals surface area (Å²) in [7, 11) is 0. The molecule has 0 saturated carbocycles. The van der Waals surface area contributed by atoms with Crippen molar-refractivity contribution in [3.05, 3.63) is 64.9 Å². The van der Waals surface area contributed by atoms with Gasteiger partial charge in [-0.2, -0.15) is 0 Å². The number of halogens is 2. The van der Waals surface area contributed by atoms with E-state index in [0.717, 1.165) is 18.4 Å². The number of carbonyl (C=O) groups excluding carboxylic acids is 1. The SMILES string of the molecule is O=C1CCCC(c2ccc(Cl)cc2)N1c1cccc(F)c1. The predicted molar refractivity (Wildman–Crippen MR) is 81.9 cm³/mol. The molecule has 0 spiro atoms. The highest BCUT2D eigenvalue weighted by Crippen LogP contribution is 2.36. The number of rotatable bonds is 2. The fourth-order valence-electron chi connectivity index (χ4n) is 2.82. The van der Waals surface area contributed by atoms with Crippen LogP contribution in [0.2, 0.25) is 5.02 Å². The van der Waals surface area contributed by atoms with Crippen molar-refractivity contribution in [1.82, 2.24) is 0 Å². The number of amides is 1. The Balaban J connectivity index is 2.00. The van der Waals surface area contributed by atoms with Crippen molar-refractivity contribution >= 4 is 23.2 Å². The lowest BCUT2D eigenvalue weighted by atomic mass is 9.94. The van der Waals surface area contributed by atoms with Gasteiger partial charge in [-0.15, -0.1) is 0 Å². The third-order valence-electron chi connectivity index (χ3n) is 3.79. The van der Waals surface area contributed by atoms with E-state index in [2.05, 4.69) is 0 Å². The lowest BCUT2D eigenvalue weighted by molar-refractivity contribution is -0.120. The Morgan fingerprint density at radius 2 is 1.90 bits per heavy atom. The van der Waals surface area contributed by atoms with Gasteiger partial charge in [0.15, 0.2) is 0 Å². The molecule has 1 saturated heterocycles. The second-order valence-electron chi connectivity index (χ2n) is 5.20. The minimum Gasteiger partial charge on any atom is -0.305 e. The molecule has 0 bridgehead atoms. The van der Waals surface area contributed by atoms with Crippen LogP contribution in [-0.4, -0.2) is 5.91 Å². The molecular weight excluding hydrogens is 289 g/mol. The summed E-state index contributed by atoms with van der Waals surface area (Å²) in [5, 5.41) is 0.665. The number of carbonyl (C=O) groups is 1. The molecule has 1 heterocycles. The topological polar surface area (TPSA) is 20.3 Å². The molecule has 1 atom stereocenters. The van der Waals surface area contributed by atoms with Crippen LogP contribution < -0.4 is 4.90 Å². The third kappa shape index (κ3) is 2.93. The van der Waals surface area contributed by atoms with Gasteiger partial charge in [0.1, 0.15) is 5.82 Å². The maximum Gasteiger partial charge on any atom is 0.227 e. The monoisotopic (exact) mass is 303 g/mol. The van der Waals surface area contributed by atoms with Crippen molar-refractivity contribution < 1.29 is 9.18 Å². The van der Waals surface area contributed by atoms with E-state index in [9.17, 15) is 9.18 Å². The molecule has 2 aromatic carbocycles. The van der Waals surface area contributed by atoms with Gasteiger partial charge >= 0.3 is 0 Å². The molecule has 0 N–H and O–H groups in total. The van der Waals surface area contributed by atoms with Crippen molar-refractivity contribution in [3.8, 4) is 0 Å². The van der Waals surface area contributed by atoms with E-state index in [1.165, 1.54) is 12.1 Å². The lowest BCUT2D eigenvalue weighted by Crippen LogP contribution is -2.38. The molecule has 3 rings (SSSR count). The number of hydrogen-bond donors (Lipinski definition) is 0. The zero-order valence-electron chi connectivity index (χ0n) is 11.4. The van der Waals surface area contributed by atoms with E-state index >= 15 is 0 Å². The summed E-state index contributed by atoms with van der Waals surface area (Å²) < 4.78 is 13.5. The highest BCUT2D eigenvalue weighted by molar-refractivity contribution is 6.30. The van der Waals surface area contributed by atoms with E-state index < -0.39 is 0 Å². The average molecular weight is 304 g/mol. The molecule has 0 aliphatic carbocycles. The summed E-state index contributed by atoms with van der Waals surface area (Å²) in [6.07, 6.45) is 2.21. The van der Waals surface area contributed by atoms with Crippen LogP contribution in [-0.2, 0) is 4.79 Å². The first-order valence-corrected chi connectivity index (χ1v) is 7.36. The highest BCUT2D eigenvalue weighted by Gasteiger charge is 2.30. The van der Waals surface area contributed by atoms with Crippen LogP contribution in [0.4, 0.5) is 10.1 Å². The molecule has 1 fully saturated rings. The van der Waals surface area contributed by atoms with Crippen LogP contribution >= 0.6 is 11.6 Å². The van der Waals surface area contributed by atoms with Gasteiger partial charge in [0, 0.05) is 17.1 Å². The van der Waals surface area contributed by atoms with Crippen LogP contribution in [0.3, 0.4) is 0 Å². The molecule has 2 aromatic rings. The van der Waals surface area contributed by atoms with Gasteiger partial charge in [0.2, 0.25) is 5.91 Å². The Hall–Kier alpha value is -1.87. The Labute approximate surface area is 128 Å². The van der Waals surface area contributed by atoms with Gasteiger partial charge in [0.05, 0.1) is 6.04 Å². The van der Waals surface area contributed by atoms with Gasteiger partial charge in [-0.25, -0.2) is 4.39 Å². The number of benzene rings is 2. The Morgan fingerprint density at radius 3 is 2.62 bits per heavy atom. The van der Waals surface area contributed by atoms with E-state index in [1.54, 1.807) is 17.0 Å². The molecule has 21 heavy (non-hydrogen) atoms. The van der Waals surface area contributed by atoms with E-state index in [0.29, 0.717) is 17.1 Å². The van der Waals surface area contributed by atoms with Gasteiger partial charge < -0.3 is 4.90 Å². The summed E-state index contributed by atoms with van der Waals surface area (Å²) in [6, 6.07) is 13.6.